The SMILES string of the molecule is CNc1cccc2c1Nc1ccccc1S2. The van der Waals surface area contributed by atoms with Gasteiger partial charge in [-0.1, -0.05) is 30.0 Å². The Kier molecular flexibility index (Phi) is 2.26. The summed E-state index contributed by atoms with van der Waals surface area (Å²) in [6.07, 6.45) is 0. The quantitative estimate of drug-likeness (QED) is 0.659. The lowest BCUT2D eigenvalue weighted by molar-refractivity contribution is 1.30. The predicted molar refractivity (Wildman–Crippen MR) is 69.8 cm³/mol. The van der Waals surface area contributed by atoms with Crippen LogP contribution in [0.4, 0.5) is 17.1 Å². The zero-order valence-corrected chi connectivity index (χ0v) is 9.77. The van der Waals surface area contributed by atoms with Gasteiger partial charge >= 0.3 is 0 Å². The molecule has 16 heavy (non-hydrogen) atoms. The lowest BCUT2D eigenvalue weighted by atomic mass is 10.2. The summed E-state index contributed by atoms with van der Waals surface area (Å²) in [6, 6.07) is 14.7. The van der Waals surface area contributed by atoms with E-state index < -0.39 is 0 Å². The standard InChI is InChI=1S/C13H12N2S/c1-14-10-6-4-8-12-13(10)15-9-5-2-3-7-11(9)16-12/h2-8,14-15H,1H3. The third-order valence-corrected chi connectivity index (χ3v) is 3.80. The number of fused-ring (bicyclic) bond motifs is 2. The first-order valence-corrected chi connectivity index (χ1v) is 6.05. The molecule has 1 aliphatic rings. The second kappa shape index (κ2) is 3.76. The molecule has 0 saturated carbocycles. The molecule has 0 unspecified atom stereocenters. The van der Waals surface area contributed by atoms with Crippen LogP contribution in [-0.4, -0.2) is 7.05 Å². The highest BCUT2D eigenvalue weighted by Crippen LogP contribution is 2.46. The number of nitrogens with one attached hydrogen (secondary N) is 2. The van der Waals surface area contributed by atoms with Crippen molar-refractivity contribution in [3.63, 3.8) is 0 Å². The van der Waals surface area contributed by atoms with E-state index in [2.05, 4.69) is 53.1 Å². The van der Waals surface area contributed by atoms with Crippen molar-refractivity contribution in [1.29, 1.82) is 0 Å². The second-order valence-corrected chi connectivity index (χ2v) is 4.74. The summed E-state index contributed by atoms with van der Waals surface area (Å²) in [5.41, 5.74) is 3.50. The number of hydrogen-bond donors (Lipinski definition) is 2. The number of benzene rings is 2. The van der Waals surface area contributed by atoms with Crippen LogP contribution in [-0.2, 0) is 0 Å². The van der Waals surface area contributed by atoms with Crippen LogP contribution in [0, 0.1) is 0 Å². The Bertz CT molecular complexity index is 537. The smallest absolute Gasteiger partial charge is 0.0761 e. The highest BCUT2D eigenvalue weighted by Gasteiger charge is 2.16. The largest absolute Gasteiger partial charge is 0.386 e. The Morgan fingerprint density at radius 1 is 1.00 bits per heavy atom. The lowest BCUT2D eigenvalue weighted by Crippen LogP contribution is -2.03. The van der Waals surface area contributed by atoms with E-state index >= 15 is 0 Å². The molecule has 0 spiro atoms. The van der Waals surface area contributed by atoms with Gasteiger partial charge in [0.1, 0.15) is 0 Å². The summed E-state index contributed by atoms with van der Waals surface area (Å²) in [5.74, 6) is 0. The first-order valence-electron chi connectivity index (χ1n) is 5.23. The molecule has 0 atom stereocenters. The summed E-state index contributed by atoms with van der Waals surface area (Å²) in [4.78, 5) is 2.55. The van der Waals surface area contributed by atoms with Crippen LogP contribution < -0.4 is 10.6 Å². The summed E-state index contributed by atoms with van der Waals surface area (Å²) < 4.78 is 0. The number of rotatable bonds is 1. The molecule has 2 N–H and O–H groups in total. The van der Waals surface area contributed by atoms with Crippen molar-refractivity contribution in [1.82, 2.24) is 0 Å². The van der Waals surface area contributed by atoms with Crippen LogP contribution in [0.25, 0.3) is 0 Å². The second-order valence-electron chi connectivity index (χ2n) is 3.65. The summed E-state index contributed by atoms with van der Waals surface area (Å²) in [7, 11) is 1.95. The molecule has 0 fully saturated rings. The van der Waals surface area contributed by atoms with E-state index in [0.29, 0.717) is 0 Å². The van der Waals surface area contributed by atoms with Crippen LogP contribution in [0.15, 0.2) is 52.3 Å². The van der Waals surface area contributed by atoms with Crippen molar-refractivity contribution >= 4 is 28.8 Å². The monoisotopic (exact) mass is 228 g/mol. The van der Waals surface area contributed by atoms with Crippen LogP contribution >= 0.6 is 11.8 Å². The molecule has 1 heterocycles. The predicted octanol–water partition coefficient (Wildman–Crippen LogP) is 3.94. The highest BCUT2D eigenvalue weighted by atomic mass is 32.2. The van der Waals surface area contributed by atoms with E-state index in [1.165, 1.54) is 21.2 Å². The van der Waals surface area contributed by atoms with Crippen molar-refractivity contribution in [3.8, 4) is 0 Å². The van der Waals surface area contributed by atoms with Gasteiger partial charge in [-0.05, 0) is 24.3 Å². The topological polar surface area (TPSA) is 24.1 Å². The molecule has 0 amide bonds. The molecule has 80 valence electrons. The van der Waals surface area contributed by atoms with E-state index in [1.807, 2.05) is 18.8 Å². The minimum atomic E-state index is 1.14. The van der Waals surface area contributed by atoms with E-state index in [0.717, 1.165) is 5.69 Å². The summed E-state index contributed by atoms with van der Waals surface area (Å²) in [6.45, 7) is 0. The van der Waals surface area contributed by atoms with Crippen molar-refractivity contribution in [2.24, 2.45) is 0 Å². The lowest BCUT2D eigenvalue weighted by Gasteiger charge is -2.22. The first-order chi connectivity index (χ1) is 7.88. The van der Waals surface area contributed by atoms with Gasteiger partial charge in [-0.15, -0.1) is 0 Å². The molecular formula is C13H12N2S. The van der Waals surface area contributed by atoms with E-state index in [9.17, 15) is 0 Å². The molecule has 2 aromatic rings. The van der Waals surface area contributed by atoms with Gasteiger partial charge in [-0.3, -0.25) is 0 Å². The maximum Gasteiger partial charge on any atom is 0.0761 e. The van der Waals surface area contributed by atoms with Gasteiger partial charge in [0.05, 0.1) is 17.1 Å². The molecule has 3 rings (SSSR count). The van der Waals surface area contributed by atoms with Gasteiger partial charge < -0.3 is 10.6 Å². The molecule has 3 heteroatoms. The zero-order valence-electron chi connectivity index (χ0n) is 8.95. The molecule has 2 aromatic carbocycles. The average molecular weight is 228 g/mol. The van der Waals surface area contributed by atoms with E-state index in [4.69, 9.17) is 0 Å². The molecule has 2 nitrogen and oxygen atoms in total. The Hall–Kier alpha value is -1.61. The van der Waals surface area contributed by atoms with Gasteiger partial charge in [0, 0.05) is 16.8 Å². The summed E-state index contributed by atoms with van der Waals surface area (Å²) >= 11 is 1.81. The Morgan fingerprint density at radius 3 is 2.69 bits per heavy atom. The maximum absolute atomic E-state index is 3.48. The number of para-hydroxylation sites is 2. The molecule has 0 saturated heterocycles. The molecule has 0 aliphatic carbocycles. The fourth-order valence-electron chi connectivity index (χ4n) is 1.87. The summed E-state index contributed by atoms with van der Waals surface area (Å²) in [5, 5.41) is 6.69. The third kappa shape index (κ3) is 1.44. The Balaban J connectivity index is 2.12. The minimum absolute atomic E-state index is 1.14. The molecule has 0 radical (unpaired) electrons. The highest BCUT2D eigenvalue weighted by molar-refractivity contribution is 7.99. The van der Waals surface area contributed by atoms with Crippen LogP contribution in [0.3, 0.4) is 0 Å². The van der Waals surface area contributed by atoms with Crippen molar-refractivity contribution in [2.75, 3.05) is 17.7 Å². The fraction of sp³-hybridized carbons (Fsp3) is 0.0769. The molecular weight excluding hydrogens is 216 g/mol. The zero-order chi connectivity index (χ0) is 11.0. The van der Waals surface area contributed by atoms with Crippen molar-refractivity contribution < 1.29 is 0 Å². The van der Waals surface area contributed by atoms with E-state index in [1.54, 1.807) is 0 Å². The third-order valence-electron chi connectivity index (χ3n) is 2.66. The normalized spacial score (nSPS) is 12.3. The van der Waals surface area contributed by atoms with Gasteiger partial charge in [-0.25, -0.2) is 0 Å². The van der Waals surface area contributed by atoms with Gasteiger partial charge in [0.15, 0.2) is 0 Å². The minimum Gasteiger partial charge on any atom is -0.386 e. The van der Waals surface area contributed by atoms with Crippen LogP contribution in [0.2, 0.25) is 0 Å². The maximum atomic E-state index is 3.48. The van der Waals surface area contributed by atoms with Crippen molar-refractivity contribution in [3.05, 3.63) is 42.5 Å². The average Bonchev–Trinajstić information content (AvgIpc) is 2.35. The Labute approximate surface area is 99.1 Å². The number of hydrogen-bond acceptors (Lipinski definition) is 3. The van der Waals surface area contributed by atoms with Gasteiger partial charge in [0.2, 0.25) is 0 Å². The Morgan fingerprint density at radius 2 is 1.81 bits per heavy atom. The molecule has 1 aliphatic heterocycles. The van der Waals surface area contributed by atoms with Gasteiger partial charge in [0.25, 0.3) is 0 Å². The number of anilines is 3. The van der Waals surface area contributed by atoms with Gasteiger partial charge in [-0.2, -0.15) is 0 Å². The van der Waals surface area contributed by atoms with Crippen LogP contribution in [0.1, 0.15) is 0 Å². The molecule has 0 aromatic heterocycles. The van der Waals surface area contributed by atoms with E-state index in [-0.39, 0.29) is 0 Å². The first kappa shape index (κ1) is 9.60. The van der Waals surface area contributed by atoms with Crippen LogP contribution in [0.5, 0.6) is 0 Å². The fourth-order valence-corrected chi connectivity index (χ4v) is 2.89. The molecule has 0 bridgehead atoms. The van der Waals surface area contributed by atoms with Crippen molar-refractivity contribution in [2.45, 2.75) is 9.79 Å².